The number of pyridine rings is 1. The molecule has 1 aromatic heterocycles. The van der Waals surface area contributed by atoms with Gasteiger partial charge in [-0.2, -0.15) is 13.2 Å². The van der Waals surface area contributed by atoms with E-state index < -0.39 is 48.2 Å². The number of morpholine rings is 1. The van der Waals surface area contributed by atoms with Gasteiger partial charge in [0.05, 0.1) is 36.2 Å². The predicted molar refractivity (Wildman–Crippen MR) is 108 cm³/mol. The highest BCUT2D eigenvalue weighted by atomic mass is 19.4. The Bertz CT molecular complexity index is 1000. The van der Waals surface area contributed by atoms with Gasteiger partial charge in [-0.25, -0.2) is 8.78 Å². The summed E-state index contributed by atoms with van der Waals surface area (Å²) in [5, 5.41) is 5.46. The third-order valence-corrected chi connectivity index (χ3v) is 5.82. The second-order valence-corrected chi connectivity index (χ2v) is 8.20. The molecule has 2 N–H and O–H groups in total. The molecule has 1 unspecified atom stereocenters. The van der Waals surface area contributed by atoms with Gasteiger partial charge in [-0.05, 0) is 31.2 Å². The van der Waals surface area contributed by atoms with Crippen LogP contribution in [0.1, 0.15) is 12.5 Å². The molecule has 174 valence electrons. The standard InChI is InChI=1S/C21H23F5N4O2/c1-12-9-30(10-17(32-12)19(31)29-8-13-7-27-11-20(13,22)23)16-5-4-15(21(24,25)26)18-14(16)3-2-6-28-18/h2-6,12-13,17,27H,7-11H2,1H3,(H,29,31)/t12-,13?,17-/m1/s1. The van der Waals surface area contributed by atoms with Gasteiger partial charge in [0.2, 0.25) is 0 Å². The second-order valence-electron chi connectivity index (χ2n) is 8.20. The minimum Gasteiger partial charge on any atom is -0.365 e. The quantitative estimate of drug-likeness (QED) is 0.690. The number of halogens is 5. The first kappa shape index (κ1) is 22.7. The number of rotatable bonds is 4. The molecule has 1 amide bonds. The predicted octanol–water partition coefficient (Wildman–Crippen LogP) is 2.82. The molecule has 3 atom stereocenters. The molecule has 0 saturated carbocycles. The number of carbonyl (C=O) groups is 1. The number of aromatic nitrogens is 1. The Balaban J connectivity index is 1.54. The molecule has 2 fully saturated rings. The molecule has 0 aliphatic carbocycles. The van der Waals surface area contributed by atoms with Crippen LogP contribution in [-0.2, 0) is 15.7 Å². The van der Waals surface area contributed by atoms with E-state index in [1.165, 1.54) is 12.3 Å². The van der Waals surface area contributed by atoms with Crippen LogP contribution >= 0.6 is 0 Å². The Morgan fingerprint density at radius 3 is 2.78 bits per heavy atom. The summed E-state index contributed by atoms with van der Waals surface area (Å²) in [6, 6.07) is 5.45. The van der Waals surface area contributed by atoms with Crippen LogP contribution in [0.4, 0.5) is 27.6 Å². The van der Waals surface area contributed by atoms with E-state index in [2.05, 4.69) is 15.6 Å². The van der Waals surface area contributed by atoms with Crippen LogP contribution in [0.3, 0.4) is 0 Å². The van der Waals surface area contributed by atoms with Gasteiger partial charge in [0.25, 0.3) is 11.8 Å². The SMILES string of the molecule is C[C@@H]1CN(c2ccc(C(F)(F)F)c3ncccc23)C[C@H](C(=O)NCC2CNCC2(F)F)O1. The molecule has 4 rings (SSSR count). The van der Waals surface area contributed by atoms with E-state index in [1.54, 1.807) is 24.0 Å². The minimum absolute atomic E-state index is 0.0742. The van der Waals surface area contributed by atoms with Gasteiger partial charge < -0.3 is 20.3 Å². The summed E-state index contributed by atoms with van der Waals surface area (Å²) in [6.07, 6.45) is -4.60. The van der Waals surface area contributed by atoms with Crippen molar-refractivity contribution in [2.75, 3.05) is 37.6 Å². The molecule has 2 saturated heterocycles. The Morgan fingerprint density at radius 1 is 1.31 bits per heavy atom. The number of benzene rings is 1. The minimum atomic E-state index is -4.55. The fourth-order valence-electron chi connectivity index (χ4n) is 4.22. The van der Waals surface area contributed by atoms with Crippen molar-refractivity contribution in [3.63, 3.8) is 0 Å². The lowest BCUT2D eigenvalue weighted by Gasteiger charge is -2.38. The highest BCUT2D eigenvalue weighted by Crippen LogP contribution is 2.38. The van der Waals surface area contributed by atoms with E-state index in [1.807, 2.05) is 0 Å². The average Bonchev–Trinajstić information content (AvgIpc) is 3.07. The Morgan fingerprint density at radius 2 is 2.09 bits per heavy atom. The third kappa shape index (κ3) is 4.49. The van der Waals surface area contributed by atoms with Gasteiger partial charge in [-0.1, -0.05) is 0 Å². The Labute approximate surface area is 181 Å². The highest BCUT2D eigenvalue weighted by Gasteiger charge is 2.44. The maximum Gasteiger partial charge on any atom is 0.418 e. The zero-order chi connectivity index (χ0) is 23.1. The van der Waals surface area contributed by atoms with E-state index in [9.17, 15) is 26.7 Å². The summed E-state index contributed by atoms with van der Waals surface area (Å²) < 4.78 is 73.5. The molecule has 2 aromatic rings. The van der Waals surface area contributed by atoms with E-state index >= 15 is 0 Å². The van der Waals surface area contributed by atoms with Crippen LogP contribution in [0, 0.1) is 5.92 Å². The number of anilines is 1. The van der Waals surface area contributed by atoms with Crippen molar-refractivity contribution < 1.29 is 31.5 Å². The molecule has 6 nitrogen and oxygen atoms in total. The van der Waals surface area contributed by atoms with Crippen molar-refractivity contribution in [1.29, 1.82) is 0 Å². The molecule has 2 aliphatic rings. The number of hydrogen-bond donors (Lipinski definition) is 2. The summed E-state index contributed by atoms with van der Waals surface area (Å²) in [7, 11) is 0. The lowest BCUT2D eigenvalue weighted by atomic mass is 10.0. The van der Waals surface area contributed by atoms with Crippen LogP contribution < -0.4 is 15.5 Å². The van der Waals surface area contributed by atoms with Crippen LogP contribution in [0.5, 0.6) is 0 Å². The lowest BCUT2D eigenvalue weighted by Crippen LogP contribution is -2.53. The molecule has 0 spiro atoms. The third-order valence-electron chi connectivity index (χ3n) is 5.82. The zero-order valence-electron chi connectivity index (χ0n) is 17.3. The summed E-state index contributed by atoms with van der Waals surface area (Å²) >= 11 is 0. The van der Waals surface area contributed by atoms with E-state index in [0.717, 1.165) is 6.07 Å². The molecular formula is C21H23F5N4O2. The first-order valence-corrected chi connectivity index (χ1v) is 10.3. The first-order chi connectivity index (χ1) is 15.1. The van der Waals surface area contributed by atoms with Crippen molar-refractivity contribution in [1.82, 2.24) is 15.6 Å². The largest absolute Gasteiger partial charge is 0.418 e. The smallest absolute Gasteiger partial charge is 0.365 e. The van der Waals surface area contributed by atoms with Crippen LogP contribution in [0.2, 0.25) is 0 Å². The summed E-state index contributed by atoms with van der Waals surface area (Å²) in [5.74, 6) is -4.43. The average molecular weight is 458 g/mol. The van der Waals surface area contributed by atoms with Gasteiger partial charge in [0.15, 0.2) is 6.10 Å². The fraction of sp³-hybridized carbons (Fsp3) is 0.524. The lowest BCUT2D eigenvalue weighted by molar-refractivity contribution is -0.138. The van der Waals surface area contributed by atoms with Gasteiger partial charge in [-0.3, -0.25) is 9.78 Å². The normalized spacial score (nSPS) is 25.8. The van der Waals surface area contributed by atoms with E-state index in [0.29, 0.717) is 17.6 Å². The topological polar surface area (TPSA) is 66.5 Å². The molecule has 1 aromatic carbocycles. The Kier molecular flexibility index (Phi) is 5.97. The molecule has 11 heteroatoms. The maximum absolute atomic E-state index is 13.8. The zero-order valence-corrected chi connectivity index (χ0v) is 17.3. The number of ether oxygens (including phenoxy) is 1. The highest BCUT2D eigenvalue weighted by molar-refractivity contribution is 5.94. The van der Waals surface area contributed by atoms with E-state index in [4.69, 9.17) is 4.74 Å². The molecule has 0 radical (unpaired) electrons. The number of alkyl halides is 5. The second kappa shape index (κ2) is 8.43. The number of amides is 1. The first-order valence-electron chi connectivity index (χ1n) is 10.3. The molecule has 3 heterocycles. The number of nitrogens with zero attached hydrogens (tertiary/aromatic N) is 2. The number of hydrogen-bond acceptors (Lipinski definition) is 5. The number of nitrogens with one attached hydrogen (secondary N) is 2. The van der Waals surface area contributed by atoms with Crippen molar-refractivity contribution in [2.45, 2.75) is 31.2 Å². The molecule has 2 aliphatic heterocycles. The van der Waals surface area contributed by atoms with Crippen LogP contribution in [0.25, 0.3) is 10.9 Å². The van der Waals surface area contributed by atoms with Gasteiger partial charge in [-0.15, -0.1) is 0 Å². The summed E-state index contributed by atoms with van der Waals surface area (Å²) in [6.45, 7) is 1.65. The van der Waals surface area contributed by atoms with E-state index in [-0.39, 0.29) is 25.2 Å². The van der Waals surface area contributed by atoms with Crippen molar-refractivity contribution in [2.24, 2.45) is 5.92 Å². The molecule has 0 bridgehead atoms. The monoisotopic (exact) mass is 458 g/mol. The van der Waals surface area contributed by atoms with Crippen molar-refractivity contribution in [3.8, 4) is 0 Å². The van der Waals surface area contributed by atoms with Crippen molar-refractivity contribution in [3.05, 3.63) is 36.0 Å². The number of carbonyl (C=O) groups excluding carboxylic acids is 1. The van der Waals surface area contributed by atoms with Crippen LogP contribution in [0.15, 0.2) is 30.5 Å². The van der Waals surface area contributed by atoms with Crippen molar-refractivity contribution >= 4 is 22.5 Å². The van der Waals surface area contributed by atoms with Gasteiger partial charge >= 0.3 is 6.18 Å². The summed E-state index contributed by atoms with van der Waals surface area (Å²) in [4.78, 5) is 18.3. The van der Waals surface area contributed by atoms with Gasteiger partial charge in [0.1, 0.15) is 0 Å². The Hall–Kier alpha value is -2.53. The summed E-state index contributed by atoms with van der Waals surface area (Å²) in [5.41, 5.74) is -0.507. The van der Waals surface area contributed by atoms with Crippen LogP contribution in [-0.4, -0.2) is 61.7 Å². The fourth-order valence-corrected chi connectivity index (χ4v) is 4.22. The maximum atomic E-state index is 13.8. The molecular weight excluding hydrogens is 435 g/mol. The molecule has 32 heavy (non-hydrogen) atoms. The van der Waals surface area contributed by atoms with Gasteiger partial charge in [0, 0.05) is 36.9 Å². The number of fused-ring (bicyclic) bond motifs is 1.